The summed E-state index contributed by atoms with van der Waals surface area (Å²) in [5.74, 6) is 0.823. The number of hydrogen-bond donors (Lipinski definition) is 1. The standard InChI is InChI=1S/C12H19BrN2S/c1-15(5-4-11(14)10-2-3-10)7-9-6-12(13)16-8-9/h6,8,10-11H,2-5,7,14H2,1H3. The summed E-state index contributed by atoms with van der Waals surface area (Å²) >= 11 is 5.24. The SMILES string of the molecule is CN(CCC(N)C1CC1)Cc1csc(Br)c1. The number of nitrogens with two attached hydrogens (primary N) is 1. The summed E-state index contributed by atoms with van der Waals surface area (Å²) in [6.07, 6.45) is 3.83. The van der Waals surface area contributed by atoms with E-state index in [0.717, 1.165) is 25.4 Å². The maximum Gasteiger partial charge on any atom is 0.0701 e. The molecule has 0 spiro atoms. The van der Waals surface area contributed by atoms with Gasteiger partial charge in [-0.2, -0.15) is 0 Å². The molecule has 1 atom stereocenters. The number of halogens is 1. The van der Waals surface area contributed by atoms with Gasteiger partial charge in [0.25, 0.3) is 0 Å². The molecule has 0 saturated heterocycles. The molecule has 1 aromatic rings. The number of thiophene rings is 1. The van der Waals surface area contributed by atoms with Crippen molar-refractivity contribution in [2.24, 2.45) is 11.7 Å². The lowest BCUT2D eigenvalue weighted by atomic mass is 10.1. The second-order valence-electron chi connectivity index (χ2n) is 4.79. The third kappa shape index (κ3) is 3.84. The second kappa shape index (κ2) is 5.63. The van der Waals surface area contributed by atoms with Crippen LogP contribution >= 0.6 is 27.3 Å². The Kier molecular flexibility index (Phi) is 4.41. The minimum Gasteiger partial charge on any atom is -0.327 e. The molecule has 0 bridgehead atoms. The molecular weight excluding hydrogens is 284 g/mol. The molecule has 0 aliphatic heterocycles. The summed E-state index contributed by atoms with van der Waals surface area (Å²) in [5.41, 5.74) is 7.48. The molecule has 2 N–H and O–H groups in total. The third-order valence-electron chi connectivity index (χ3n) is 3.15. The Bertz CT molecular complexity index is 336. The van der Waals surface area contributed by atoms with Crippen LogP contribution < -0.4 is 5.73 Å². The Morgan fingerprint density at radius 2 is 2.38 bits per heavy atom. The maximum absolute atomic E-state index is 6.09. The van der Waals surface area contributed by atoms with Crippen molar-refractivity contribution in [3.8, 4) is 0 Å². The average molecular weight is 303 g/mol. The molecule has 4 heteroatoms. The molecule has 2 rings (SSSR count). The zero-order valence-corrected chi connectivity index (χ0v) is 12.1. The molecule has 1 aliphatic rings. The Balaban J connectivity index is 1.69. The van der Waals surface area contributed by atoms with Crippen molar-refractivity contribution in [2.45, 2.75) is 31.8 Å². The Labute approximate surface area is 110 Å². The summed E-state index contributed by atoms with van der Waals surface area (Å²) < 4.78 is 1.21. The van der Waals surface area contributed by atoms with Crippen molar-refractivity contribution >= 4 is 27.3 Å². The van der Waals surface area contributed by atoms with E-state index in [4.69, 9.17) is 5.73 Å². The van der Waals surface area contributed by atoms with Crippen LogP contribution in [0.25, 0.3) is 0 Å². The smallest absolute Gasteiger partial charge is 0.0701 e. The summed E-state index contributed by atoms with van der Waals surface area (Å²) in [6.45, 7) is 2.13. The minimum absolute atomic E-state index is 0.427. The highest BCUT2D eigenvalue weighted by atomic mass is 79.9. The van der Waals surface area contributed by atoms with Gasteiger partial charge in [0.2, 0.25) is 0 Å². The lowest BCUT2D eigenvalue weighted by molar-refractivity contribution is 0.305. The van der Waals surface area contributed by atoms with E-state index in [-0.39, 0.29) is 0 Å². The van der Waals surface area contributed by atoms with Crippen LogP contribution in [0.15, 0.2) is 15.2 Å². The largest absolute Gasteiger partial charge is 0.327 e. The van der Waals surface area contributed by atoms with Gasteiger partial charge in [-0.3, -0.25) is 0 Å². The fourth-order valence-corrected chi connectivity index (χ4v) is 3.15. The van der Waals surface area contributed by atoms with Crippen LogP contribution in [-0.2, 0) is 6.54 Å². The molecule has 1 heterocycles. The van der Waals surface area contributed by atoms with E-state index in [1.54, 1.807) is 11.3 Å². The molecule has 0 aromatic carbocycles. The average Bonchev–Trinajstić information content (AvgIpc) is 3.01. The van der Waals surface area contributed by atoms with E-state index in [1.807, 2.05) is 0 Å². The topological polar surface area (TPSA) is 29.3 Å². The first-order valence-corrected chi connectivity index (χ1v) is 7.49. The molecule has 16 heavy (non-hydrogen) atoms. The Morgan fingerprint density at radius 1 is 1.62 bits per heavy atom. The normalized spacial score (nSPS) is 18.0. The molecule has 1 aliphatic carbocycles. The first-order chi connectivity index (χ1) is 7.65. The fourth-order valence-electron chi connectivity index (χ4n) is 1.95. The van der Waals surface area contributed by atoms with E-state index in [9.17, 15) is 0 Å². The highest BCUT2D eigenvalue weighted by molar-refractivity contribution is 9.11. The molecular formula is C12H19BrN2S. The van der Waals surface area contributed by atoms with Crippen LogP contribution in [0.5, 0.6) is 0 Å². The van der Waals surface area contributed by atoms with Crippen molar-refractivity contribution < 1.29 is 0 Å². The van der Waals surface area contributed by atoms with Gasteiger partial charge in [0.15, 0.2) is 0 Å². The molecule has 90 valence electrons. The molecule has 2 nitrogen and oxygen atoms in total. The van der Waals surface area contributed by atoms with E-state index >= 15 is 0 Å². The number of rotatable bonds is 6. The van der Waals surface area contributed by atoms with Crippen molar-refractivity contribution in [3.05, 3.63) is 20.8 Å². The lowest BCUT2D eigenvalue weighted by Gasteiger charge is -2.18. The van der Waals surface area contributed by atoms with Gasteiger partial charge in [-0.1, -0.05) is 0 Å². The predicted octanol–water partition coefficient (Wildman–Crippen LogP) is 3.07. The quantitative estimate of drug-likeness (QED) is 0.875. The predicted molar refractivity (Wildman–Crippen MR) is 73.7 cm³/mol. The van der Waals surface area contributed by atoms with Crippen molar-refractivity contribution in [3.63, 3.8) is 0 Å². The minimum atomic E-state index is 0.427. The van der Waals surface area contributed by atoms with E-state index in [2.05, 4.69) is 39.3 Å². The molecule has 1 unspecified atom stereocenters. The second-order valence-corrected chi connectivity index (χ2v) is 7.08. The summed E-state index contributed by atoms with van der Waals surface area (Å²) in [7, 11) is 2.17. The van der Waals surface area contributed by atoms with E-state index < -0.39 is 0 Å². The van der Waals surface area contributed by atoms with Crippen LogP contribution in [0.4, 0.5) is 0 Å². The zero-order valence-electron chi connectivity index (χ0n) is 9.66. The first kappa shape index (κ1) is 12.6. The van der Waals surface area contributed by atoms with Gasteiger partial charge in [-0.25, -0.2) is 0 Å². The number of nitrogens with zero attached hydrogens (tertiary/aromatic N) is 1. The van der Waals surface area contributed by atoms with Gasteiger partial charge in [0.05, 0.1) is 3.79 Å². The van der Waals surface area contributed by atoms with E-state index in [0.29, 0.717) is 6.04 Å². The summed E-state index contributed by atoms with van der Waals surface area (Å²) in [4.78, 5) is 2.36. The molecule has 1 fully saturated rings. The van der Waals surface area contributed by atoms with Crippen LogP contribution in [0, 0.1) is 5.92 Å². The van der Waals surface area contributed by atoms with Gasteiger partial charge >= 0.3 is 0 Å². The molecule has 0 amide bonds. The van der Waals surface area contributed by atoms with Gasteiger partial charge in [-0.05, 0) is 71.7 Å². The van der Waals surface area contributed by atoms with Gasteiger partial charge in [0.1, 0.15) is 0 Å². The highest BCUT2D eigenvalue weighted by Gasteiger charge is 2.28. The lowest BCUT2D eigenvalue weighted by Crippen LogP contribution is -2.29. The summed E-state index contributed by atoms with van der Waals surface area (Å²) in [5, 5.41) is 2.21. The van der Waals surface area contributed by atoms with Gasteiger partial charge in [-0.15, -0.1) is 11.3 Å². The van der Waals surface area contributed by atoms with Crippen molar-refractivity contribution in [2.75, 3.05) is 13.6 Å². The van der Waals surface area contributed by atoms with E-state index in [1.165, 1.54) is 22.2 Å². The fraction of sp³-hybridized carbons (Fsp3) is 0.667. The summed E-state index contributed by atoms with van der Waals surface area (Å²) in [6, 6.07) is 2.62. The Hall–Kier alpha value is 0.100. The Morgan fingerprint density at radius 3 is 2.94 bits per heavy atom. The maximum atomic E-state index is 6.09. The van der Waals surface area contributed by atoms with Crippen LogP contribution in [-0.4, -0.2) is 24.5 Å². The van der Waals surface area contributed by atoms with Crippen LogP contribution in [0.1, 0.15) is 24.8 Å². The zero-order chi connectivity index (χ0) is 11.5. The van der Waals surface area contributed by atoms with Gasteiger partial charge in [0, 0.05) is 12.6 Å². The van der Waals surface area contributed by atoms with Crippen molar-refractivity contribution in [1.82, 2.24) is 4.90 Å². The molecule has 1 aromatic heterocycles. The monoisotopic (exact) mass is 302 g/mol. The van der Waals surface area contributed by atoms with Crippen LogP contribution in [0.2, 0.25) is 0 Å². The number of hydrogen-bond acceptors (Lipinski definition) is 3. The molecule has 1 saturated carbocycles. The third-order valence-corrected chi connectivity index (χ3v) is 4.70. The van der Waals surface area contributed by atoms with Crippen molar-refractivity contribution in [1.29, 1.82) is 0 Å². The van der Waals surface area contributed by atoms with Gasteiger partial charge < -0.3 is 10.6 Å². The highest BCUT2D eigenvalue weighted by Crippen LogP contribution is 2.32. The molecule has 0 radical (unpaired) electrons. The first-order valence-electron chi connectivity index (χ1n) is 5.82. The van der Waals surface area contributed by atoms with Crippen LogP contribution in [0.3, 0.4) is 0 Å².